The number of rotatable bonds is 3. The summed E-state index contributed by atoms with van der Waals surface area (Å²) in [6, 6.07) is 5.34. The Morgan fingerprint density at radius 2 is 1.80 bits per heavy atom. The van der Waals surface area contributed by atoms with E-state index < -0.39 is 0 Å². The maximum absolute atomic E-state index is 13.0. The molecule has 134 valence electrons. The number of halogens is 1. The number of nitrogens with one attached hydrogen (secondary N) is 2. The highest BCUT2D eigenvalue weighted by Crippen LogP contribution is 2.60. The molecule has 4 saturated carbocycles. The number of anilines is 1. The van der Waals surface area contributed by atoms with E-state index in [2.05, 4.69) is 10.6 Å². The molecule has 4 fully saturated rings. The molecule has 4 aliphatic rings. The normalized spacial score (nSPS) is 32.3. The molecular weight excluding hydrogens is 356 g/mol. The van der Waals surface area contributed by atoms with Gasteiger partial charge in [0.15, 0.2) is 5.11 Å². The Labute approximate surface area is 158 Å². The van der Waals surface area contributed by atoms with E-state index in [1.54, 1.807) is 19.2 Å². The zero-order valence-electron chi connectivity index (χ0n) is 14.3. The lowest BCUT2D eigenvalue weighted by molar-refractivity contribution is -0.144. The predicted molar refractivity (Wildman–Crippen MR) is 103 cm³/mol. The van der Waals surface area contributed by atoms with Gasteiger partial charge in [0.2, 0.25) is 5.91 Å². The predicted octanol–water partition coefficient (Wildman–Crippen LogP) is 4.38. The molecule has 0 spiro atoms. The van der Waals surface area contributed by atoms with Crippen molar-refractivity contribution < 1.29 is 9.53 Å². The molecule has 4 nitrogen and oxygen atoms in total. The van der Waals surface area contributed by atoms with Crippen LogP contribution in [0.1, 0.15) is 38.5 Å². The molecule has 0 saturated heterocycles. The van der Waals surface area contributed by atoms with Crippen LogP contribution in [0.25, 0.3) is 0 Å². The molecule has 6 heteroatoms. The lowest BCUT2D eigenvalue weighted by Gasteiger charge is -2.55. The van der Waals surface area contributed by atoms with Crippen LogP contribution in [0.2, 0.25) is 5.02 Å². The largest absolute Gasteiger partial charge is 0.495 e. The minimum Gasteiger partial charge on any atom is -0.495 e. The third kappa shape index (κ3) is 3.24. The SMILES string of the molecule is COc1ccc(NC(=S)NC(=O)C23CC4CC(CC(C4)C2)C3)cc1Cl. The molecule has 1 aromatic rings. The Balaban J connectivity index is 1.41. The van der Waals surface area contributed by atoms with Crippen LogP contribution in [0.4, 0.5) is 5.69 Å². The number of carbonyl (C=O) groups excluding carboxylic acids is 1. The molecule has 25 heavy (non-hydrogen) atoms. The zero-order chi connectivity index (χ0) is 17.6. The lowest BCUT2D eigenvalue weighted by atomic mass is 9.49. The second-order valence-corrected chi connectivity index (χ2v) is 8.77. The topological polar surface area (TPSA) is 50.4 Å². The zero-order valence-corrected chi connectivity index (χ0v) is 15.9. The first-order valence-corrected chi connectivity index (χ1v) is 9.72. The average molecular weight is 379 g/mol. The summed E-state index contributed by atoms with van der Waals surface area (Å²) >= 11 is 11.5. The van der Waals surface area contributed by atoms with Crippen molar-refractivity contribution in [2.45, 2.75) is 38.5 Å². The number of benzene rings is 1. The fourth-order valence-electron chi connectivity index (χ4n) is 5.53. The van der Waals surface area contributed by atoms with Gasteiger partial charge in [0, 0.05) is 5.69 Å². The number of amides is 1. The third-order valence-electron chi connectivity index (χ3n) is 6.16. The van der Waals surface area contributed by atoms with Gasteiger partial charge in [0.25, 0.3) is 0 Å². The summed E-state index contributed by atoms with van der Waals surface area (Å²) in [6.45, 7) is 0. The summed E-state index contributed by atoms with van der Waals surface area (Å²) in [6.07, 6.45) is 7.05. The van der Waals surface area contributed by atoms with Gasteiger partial charge in [-0.1, -0.05) is 11.6 Å². The molecule has 0 heterocycles. The lowest BCUT2D eigenvalue weighted by Crippen LogP contribution is -2.55. The van der Waals surface area contributed by atoms with Gasteiger partial charge < -0.3 is 15.4 Å². The Morgan fingerprint density at radius 1 is 1.20 bits per heavy atom. The Morgan fingerprint density at radius 3 is 2.32 bits per heavy atom. The first-order valence-electron chi connectivity index (χ1n) is 8.93. The van der Waals surface area contributed by atoms with E-state index in [1.807, 2.05) is 6.07 Å². The van der Waals surface area contributed by atoms with Gasteiger partial charge in [-0.25, -0.2) is 0 Å². The van der Waals surface area contributed by atoms with Gasteiger partial charge >= 0.3 is 0 Å². The van der Waals surface area contributed by atoms with Crippen LogP contribution in [-0.4, -0.2) is 18.1 Å². The molecule has 1 amide bonds. The van der Waals surface area contributed by atoms with E-state index >= 15 is 0 Å². The van der Waals surface area contributed by atoms with Crippen LogP contribution in [0.3, 0.4) is 0 Å². The quantitative estimate of drug-likeness (QED) is 0.766. The van der Waals surface area contributed by atoms with Crippen molar-refractivity contribution in [2.75, 3.05) is 12.4 Å². The Kier molecular flexibility index (Phi) is 4.40. The van der Waals surface area contributed by atoms with Gasteiger partial charge in [-0.3, -0.25) is 4.79 Å². The molecule has 0 aliphatic heterocycles. The minimum absolute atomic E-state index is 0.101. The first kappa shape index (κ1) is 17.1. The van der Waals surface area contributed by atoms with Gasteiger partial charge in [0.05, 0.1) is 17.5 Å². The first-order chi connectivity index (χ1) is 12.0. The molecule has 4 bridgehead atoms. The molecule has 0 unspecified atom stereocenters. The summed E-state index contributed by atoms with van der Waals surface area (Å²) in [7, 11) is 1.57. The molecular formula is C19H23ClN2O2S. The van der Waals surface area contributed by atoms with Gasteiger partial charge in [-0.05, 0) is 86.7 Å². The van der Waals surface area contributed by atoms with E-state index in [-0.39, 0.29) is 11.3 Å². The van der Waals surface area contributed by atoms with Gasteiger partial charge in [-0.2, -0.15) is 0 Å². The Bertz CT molecular complexity index is 686. The highest BCUT2D eigenvalue weighted by Gasteiger charge is 2.54. The van der Waals surface area contributed by atoms with Gasteiger partial charge in [-0.15, -0.1) is 0 Å². The number of hydrogen-bond donors (Lipinski definition) is 2. The highest BCUT2D eigenvalue weighted by molar-refractivity contribution is 7.80. The summed E-state index contributed by atoms with van der Waals surface area (Å²) in [5.41, 5.74) is 0.541. The molecule has 0 radical (unpaired) electrons. The number of ether oxygens (including phenoxy) is 1. The van der Waals surface area contributed by atoms with Crippen molar-refractivity contribution in [1.29, 1.82) is 0 Å². The number of hydrogen-bond acceptors (Lipinski definition) is 3. The van der Waals surface area contributed by atoms with E-state index in [9.17, 15) is 4.79 Å². The van der Waals surface area contributed by atoms with Crippen molar-refractivity contribution >= 4 is 40.5 Å². The third-order valence-corrected chi connectivity index (χ3v) is 6.66. The standard InChI is InChI=1S/C19H23ClN2O2S/c1-24-16-3-2-14(7-15(16)20)21-18(25)22-17(23)19-8-11-4-12(9-19)6-13(5-11)10-19/h2-3,7,11-13H,4-6,8-10H2,1H3,(H2,21,22,23,25). The smallest absolute Gasteiger partial charge is 0.232 e. The molecule has 4 aliphatic carbocycles. The van der Waals surface area contributed by atoms with Crippen molar-refractivity contribution in [3.63, 3.8) is 0 Å². The second-order valence-electron chi connectivity index (χ2n) is 7.96. The fourth-order valence-corrected chi connectivity index (χ4v) is 6.00. The maximum Gasteiger partial charge on any atom is 0.232 e. The van der Waals surface area contributed by atoms with Crippen molar-refractivity contribution in [1.82, 2.24) is 5.32 Å². The molecule has 5 rings (SSSR count). The van der Waals surface area contributed by atoms with E-state index in [4.69, 9.17) is 28.6 Å². The fraction of sp³-hybridized carbons (Fsp3) is 0.579. The van der Waals surface area contributed by atoms with Crippen molar-refractivity contribution in [2.24, 2.45) is 23.2 Å². The monoisotopic (exact) mass is 378 g/mol. The highest BCUT2D eigenvalue weighted by atomic mass is 35.5. The van der Waals surface area contributed by atoms with Crippen molar-refractivity contribution in [3.05, 3.63) is 23.2 Å². The molecule has 0 aromatic heterocycles. The van der Waals surface area contributed by atoms with Crippen LogP contribution >= 0.6 is 23.8 Å². The summed E-state index contributed by atoms with van der Waals surface area (Å²) in [4.78, 5) is 13.0. The number of methoxy groups -OCH3 is 1. The minimum atomic E-state index is -0.196. The molecule has 2 N–H and O–H groups in total. The van der Waals surface area contributed by atoms with Crippen molar-refractivity contribution in [3.8, 4) is 5.75 Å². The van der Waals surface area contributed by atoms with Gasteiger partial charge in [0.1, 0.15) is 5.75 Å². The van der Waals surface area contributed by atoms with Crippen LogP contribution in [0.15, 0.2) is 18.2 Å². The van der Waals surface area contributed by atoms with E-state index in [0.717, 1.165) is 42.7 Å². The van der Waals surface area contributed by atoms with Crippen LogP contribution in [-0.2, 0) is 4.79 Å². The maximum atomic E-state index is 13.0. The summed E-state index contributed by atoms with van der Waals surface area (Å²) in [5, 5.41) is 6.83. The molecule has 1 aromatic carbocycles. The molecule has 0 atom stereocenters. The second kappa shape index (κ2) is 6.44. The number of carbonyl (C=O) groups is 1. The summed E-state index contributed by atoms with van der Waals surface area (Å²) in [5.74, 6) is 2.91. The van der Waals surface area contributed by atoms with E-state index in [0.29, 0.717) is 15.9 Å². The van der Waals surface area contributed by atoms with Crippen LogP contribution < -0.4 is 15.4 Å². The Hall–Kier alpha value is -1.33. The van der Waals surface area contributed by atoms with Crippen LogP contribution in [0.5, 0.6) is 5.75 Å². The average Bonchev–Trinajstić information content (AvgIpc) is 2.53. The number of thiocarbonyl (C=S) groups is 1. The summed E-state index contributed by atoms with van der Waals surface area (Å²) < 4.78 is 5.14. The van der Waals surface area contributed by atoms with E-state index in [1.165, 1.54) is 19.3 Å². The van der Waals surface area contributed by atoms with Crippen LogP contribution in [0, 0.1) is 23.2 Å².